The average molecular weight is 130 g/mol. The first-order valence-electron chi connectivity index (χ1n) is 3.07. The van der Waals surface area contributed by atoms with Crippen molar-refractivity contribution in [1.82, 2.24) is 0 Å². The van der Waals surface area contributed by atoms with Crippen molar-refractivity contribution in [3.05, 3.63) is 0 Å². The van der Waals surface area contributed by atoms with E-state index in [1.165, 1.54) is 0 Å². The molecule has 0 saturated heterocycles. The molecule has 54 valence electrons. The van der Waals surface area contributed by atoms with Crippen LogP contribution in [0.1, 0.15) is 20.3 Å². The van der Waals surface area contributed by atoms with Crippen molar-refractivity contribution in [1.29, 1.82) is 5.41 Å². The Morgan fingerprint density at radius 3 is 2.56 bits per heavy atom. The van der Waals surface area contributed by atoms with E-state index in [1.807, 2.05) is 13.8 Å². The van der Waals surface area contributed by atoms with Crippen LogP contribution in [-0.2, 0) is 4.74 Å². The molecule has 0 spiro atoms. The van der Waals surface area contributed by atoms with Crippen molar-refractivity contribution in [3.63, 3.8) is 0 Å². The summed E-state index contributed by atoms with van der Waals surface area (Å²) in [7, 11) is 0. The molecule has 0 rings (SSSR count). The van der Waals surface area contributed by atoms with Gasteiger partial charge in [0.05, 0.1) is 18.5 Å². The van der Waals surface area contributed by atoms with Crippen LogP contribution in [-0.4, -0.2) is 18.5 Å². The highest BCUT2D eigenvalue weighted by atomic mass is 16.5. The van der Waals surface area contributed by atoms with Crippen molar-refractivity contribution in [2.45, 2.75) is 26.4 Å². The van der Waals surface area contributed by atoms with E-state index in [2.05, 4.69) is 0 Å². The molecular formula is C6H14N2O. The summed E-state index contributed by atoms with van der Waals surface area (Å²) in [6.45, 7) is 4.48. The lowest BCUT2D eigenvalue weighted by atomic mass is 10.4. The summed E-state index contributed by atoms with van der Waals surface area (Å²) < 4.78 is 5.13. The van der Waals surface area contributed by atoms with Crippen LogP contribution < -0.4 is 5.73 Å². The number of amidine groups is 1. The monoisotopic (exact) mass is 130 g/mol. The summed E-state index contributed by atoms with van der Waals surface area (Å²) in [6.07, 6.45) is 0.780. The molecule has 0 bridgehead atoms. The molecule has 0 aromatic carbocycles. The molecule has 0 atom stereocenters. The second-order valence-corrected chi connectivity index (χ2v) is 2.19. The highest BCUT2D eigenvalue weighted by Gasteiger charge is 1.92. The zero-order chi connectivity index (χ0) is 7.28. The van der Waals surface area contributed by atoms with Gasteiger partial charge in [0.25, 0.3) is 0 Å². The van der Waals surface area contributed by atoms with E-state index in [4.69, 9.17) is 15.9 Å². The second kappa shape index (κ2) is 4.32. The highest BCUT2D eigenvalue weighted by Crippen LogP contribution is 1.88. The van der Waals surface area contributed by atoms with Crippen LogP contribution in [0.4, 0.5) is 0 Å². The van der Waals surface area contributed by atoms with E-state index >= 15 is 0 Å². The molecule has 0 fully saturated rings. The van der Waals surface area contributed by atoms with Crippen LogP contribution in [0.5, 0.6) is 0 Å². The lowest BCUT2D eigenvalue weighted by Crippen LogP contribution is -2.14. The van der Waals surface area contributed by atoms with Gasteiger partial charge < -0.3 is 10.5 Å². The van der Waals surface area contributed by atoms with Gasteiger partial charge in [0.15, 0.2) is 0 Å². The fraction of sp³-hybridized carbons (Fsp3) is 0.833. The van der Waals surface area contributed by atoms with Gasteiger partial charge in [-0.25, -0.2) is 0 Å². The lowest BCUT2D eigenvalue weighted by molar-refractivity contribution is 0.0844. The van der Waals surface area contributed by atoms with Crippen LogP contribution >= 0.6 is 0 Å². The summed E-state index contributed by atoms with van der Waals surface area (Å²) in [5.41, 5.74) is 5.08. The second-order valence-electron chi connectivity index (χ2n) is 2.19. The van der Waals surface area contributed by atoms with Gasteiger partial charge in [-0.15, -0.1) is 0 Å². The Balaban J connectivity index is 3.01. The Hall–Kier alpha value is -0.570. The van der Waals surface area contributed by atoms with E-state index in [-0.39, 0.29) is 11.9 Å². The van der Waals surface area contributed by atoms with Gasteiger partial charge in [-0.2, -0.15) is 0 Å². The van der Waals surface area contributed by atoms with Crippen molar-refractivity contribution in [2.75, 3.05) is 6.61 Å². The van der Waals surface area contributed by atoms with E-state index in [0.717, 1.165) is 0 Å². The molecule has 3 heteroatoms. The standard InChI is InChI=1S/C6H14N2O/c1-5(2)9-4-3-6(7)8/h5H,3-4H2,1-2H3,(H3,7,8). The smallest absolute Gasteiger partial charge is 0.0928 e. The maximum Gasteiger partial charge on any atom is 0.0928 e. The molecule has 0 aliphatic carbocycles. The first-order valence-corrected chi connectivity index (χ1v) is 3.07. The van der Waals surface area contributed by atoms with Crippen LogP contribution in [0.3, 0.4) is 0 Å². The Labute approximate surface area is 55.7 Å². The fourth-order valence-corrected chi connectivity index (χ4v) is 0.405. The van der Waals surface area contributed by atoms with Gasteiger partial charge in [-0.3, -0.25) is 5.41 Å². The first-order chi connectivity index (χ1) is 4.13. The molecule has 9 heavy (non-hydrogen) atoms. The van der Waals surface area contributed by atoms with E-state index in [1.54, 1.807) is 0 Å². The molecule has 0 heterocycles. The topological polar surface area (TPSA) is 59.1 Å². The van der Waals surface area contributed by atoms with Crippen molar-refractivity contribution < 1.29 is 4.74 Å². The van der Waals surface area contributed by atoms with E-state index in [0.29, 0.717) is 13.0 Å². The molecule has 0 aromatic heterocycles. The number of nitrogens with one attached hydrogen (secondary N) is 1. The molecule has 0 aromatic rings. The number of hydrogen-bond acceptors (Lipinski definition) is 2. The third-order valence-corrected chi connectivity index (χ3v) is 0.823. The van der Waals surface area contributed by atoms with Gasteiger partial charge in [-0.1, -0.05) is 0 Å². The van der Waals surface area contributed by atoms with Gasteiger partial charge in [-0.05, 0) is 13.8 Å². The molecule has 3 N–H and O–H groups in total. The Kier molecular flexibility index (Phi) is 4.05. The van der Waals surface area contributed by atoms with Crippen molar-refractivity contribution in [2.24, 2.45) is 5.73 Å². The number of ether oxygens (including phenoxy) is 1. The Morgan fingerprint density at radius 1 is 1.67 bits per heavy atom. The Morgan fingerprint density at radius 2 is 2.22 bits per heavy atom. The number of rotatable bonds is 4. The highest BCUT2D eigenvalue weighted by molar-refractivity contribution is 5.76. The predicted molar refractivity (Wildman–Crippen MR) is 37.6 cm³/mol. The van der Waals surface area contributed by atoms with Gasteiger partial charge in [0.1, 0.15) is 0 Å². The van der Waals surface area contributed by atoms with Gasteiger partial charge in [0, 0.05) is 6.42 Å². The number of nitrogens with two attached hydrogens (primary N) is 1. The quantitative estimate of drug-likeness (QED) is 0.435. The van der Waals surface area contributed by atoms with E-state index in [9.17, 15) is 0 Å². The molecular weight excluding hydrogens is 116 g/mol. The summed E-state index contributed by atoms with van der Waals surface area (Å²) in [5.74, 6) is 0.190. The maximum atomic E-state index is 6.84. The minimum absolute atomic E-state index is 0.190. The normalized spacial score (nSPS) is 10.1. The van der Waals surface area contributed by atoms with Crippen LogP contribution in [0, 0.1) is 5.41 Å². The molecule has 0 radical (unpaired) electrons. The van der Waals surface area contributed by atoms with Gasteiger partial charge >= 0.3 is 0 Å². The third-order valence-electron chi connectivity index (χ3n) is 0.823. The van der Waals surface area contributed by atoms with Crippen LogP contribution in [0.2, 0.25) is 0 Å². The lowest BCUT2D eigenvalue weighted by Gasteiger charge is -2.04. The zero-order valence-corrected chi connectivity index (χ0v) is 5.98. The first kappa shape index (κ1) is 8.43. The summed E-state index contributed by atoms with van der Waals surface area (Å²) in [6, 6.07) is 0. The van der Waals surface area contributed by atoms with Crippen LogP contribution in [0.15, 0.2) is 0 Å². The number of hydrogen-bond donors (Lipinski definition) is 2. The third kappa shape index (κ3) is 7.43. The SMILES string of the molecule is CC(C)OCCC(=N)N. The largest absolute Gasteiger partial charge is 0.388 e. The predicted octanol–water partition coefficient (Wildman–Crippen LogP) is 0.737. The molecule has 0 aliphatic rings. The zero-order valence-electron chi connectivity index (χ0n) is 5.98. The minimum atomic E-state index is 0.190. The Bertz CT molecular complexity index is 91.1. The van der Waals surface area contributed by atoms with Crippen molar-refractivity contribution in [3.8, 4) is 0 Å². The van der Waals surface area contributed by atoms with E-state index < -0.39 is 0 Å². The molecule has 0 unspecified atom stereocenters. The van der Waals surface area contributed by atoms with Crippen LogP contribution in [0.25, 0.3) is 0 Å². The summed E-state index contributed by atoms with van der Waals surface area (Å²) in [5, 5.41) is 6.84. The van der Waals surface area contributed by atoms with Gasteiger partial charge in [0.2, 0.25) is 0 Å². The molecule has 0 aliphatic heterocycles. The molecule has 0 saturated carbocycles. The molecule has 0 amide bonds. The maximum absolute atomic E-state index is 6.84. The average Bonchev–Trinajstić information content (AvgIpc) is 1.63. The summed E-state index contributed by atoms with van der Waals surface area (Å²) in [4.78, 5) is 0. The minimum Gasteiger partial charge on any atom is -0.388 e. The molecule has 3 nitrogen and oxygen atoms in total. The van der Waals surface area contributed by atoms with Crippen molar-refractivity contribution >= 4 is 5.84 Å². The summed E-state index contributed by atoms with van der Waals surface area (Å²) >= 11 is 0. The fourth-order valence-electron chi connectivity index (χ4n) is 0.405.